The summed E-state index contributed by atoms with van der Waals surface area (Å²) < 4.78 is 1.64. The molecule has 1 heterocycles. The standard InChI is InChI=1S/C11H17N3O/c1-14-8-9(7-13-14)10(15)6-11(12)4-2-3-5-11/h7-8H,2-6,12H2,1H3. The molecule has 0 aliphatic heterocycles. The first-order valence-corrected chi connectivity index (χ1v) is 5.40. The monoisotopic (exact) mass is 207 g/mol. The van der Waals surface area contributed by atoms with Gasteiger partial charge in [0.05, 0.1) is 11.8 Å². The van der Waals surface area contributed by atoms with Crippen molar-refractivity contribution in [3.8, 4) is 0 Å². The molecule has 4 heteroatoms. The van der Waals surface area contributed by atoms with Gasteiger partial charge in [0, 0.05) is 25.2 Å². The Morgan fingerprint density at radius 1 is 1.60 bits per heavy atom. The van der Waals surface area contributed by atoms with Crippen LogP contribution >= 0.6 is 0 Å². The number of hydrogen-bond donors (Lipinski definition) is 1. The van der Waals surface area contributed by atoms with Crippen LogP contribution in [0.4, 0.5) is 0 Å². The van der Waals surface area contributed by atoms with E-state index in [1.165, 1.54) is 0 Å². The molecule has 82 valence electrons. The summed E-state index contributed by atoms with van der Waals surface area (Å²) in [5, 5.41) is 3.99. The number of nitrogens with zero attached hydrogens (tertiary/aromatic N) is 2. The molecule has 0 unspecified atom stereocenters. The van der Waals surface area contributed by atoms with Gasteiger partial charge in [-0.15, -0.1) is 0 Å². The lowest BCUT2D eigenvalue weighted by Gasteiger charge is -2.21. The second-order valence-electron chi connectivity index (χ2n) is 4.57. The number of carbonyl (C=O) groups is 1. The Kier molecular flexibility index (Phi) is 2.61. The van der Waals surface area contributed by atoms with Gasteiger partial charge in [0.15, 0.2) is 5.78 Å². The molecular formula is C11H17N3O. The maximum atomic E-state index is 11.9. The van der Waals surface area contributed by atoms with E-state index >= 15 is 0 Å². The van der Waals surface area contributed by atoms with Crippen LogP contribution in [0.1, 0.15) is 42.5 Å². The molecule has 0 amide bonds. The van der Waals surface area contributed by atoms with Gasteiger partial charge in [-0.3, -0.25) is 9.48 Å². The zero-order chi connectivity index (χ0) is 10.9. The molecule has 0 spiro atoms. The average molecular weight is 207 g/mol. The highest BCUT2D eigenvalue weighted by Crippen LogP contribution is 2.30. The fourth-order valence-corrected chi connectivity index (χ4v) is 2.24. The summed E-state index contributed by atoms with van der Waals surface area (Å²) in [7, 11) is 1.81. The van der Waals surface area contributed by atoms with Gasteiger partial charge >= 0.3 is 0 Å². The first kappa shape index (κ1) is 10.4. The number of ketones is 1. The Hall–Kier alpha value is -1.16. The number of Topliss-reactive ketones (excluding diaryl/α,β-unsaturated/α-hetero) is 1. The van der Waals surface area contributed by atoms with Crippen molar-refractivity contribution in [1.29, 1.82) is 0 Å². The minimum atomic E-state index is -0.257. The van der Waals surface area contributed by atoms with E-state index in [2.05, 4.69) is 5.10 Å². The van der Waals surface area contributed by atoms with Crippen molar-refractivity contribution < 1.29 is 4.79 Å². The normalized spacial score (nSPS) is 19.3. The van der Waals surface area contributed by atoms with E-state index in [0.29, 0.717) is 12.0 Å². The lowest BCUT2D eigenvalue weighted by Crippen LogP contribution is -2.38. The molecule has 15 heavy (non-hydrogen) atoms. The van der Waals surface area contributed by atoms with Gasteiger partial charge in [-0.25, -0.2) is 0 Å². The van der Waals surface area contributed by atoms with Gasteiger partial charge in [0.2, 0.25) is 0 Å². The highest BCUT2D eigenvalue weighted by atomic mass is 16.1. The fraction of sp³-hybridized carbons (Fsp3) is 0.636. The third kappa shape index (κ3) is 2.26. The summed E-state index contributed by atoms with van der Waals surface area (Å²) in [6.45, 7) is 0. The van der Waals surface area contributed by atoms with Crippen molar-refractivity contribution in [2.24, 2.45) is 12.8 Å². The van der Waals surface area contributed by atoms with Crippen molar-refractivity contribution in [2.75, 3.05) is 0 Å². The van der Waals surface area contributed by atoms with Gasteiger partial charge in [0.25, 0.3) is 0 Å². The molecule has 2 N–H and O–H groups in total. The van der Waals surface area contributed by atoms with Crippen molar-refractivity contribution in [3.05, 3.63) is 18.0 Å². The van der Waals surface area contributed by atoms with Crippen LogP contribution < -0.4 is 5.73 Å². The van der Waals surface area contributed by atoms with E-state index < -0.39 is 0 Å². The van der Waals surface area contributed by atoms with E-state index in [4.69, 9.17) is 5.73 Å². The molecule has 1 aliphatic carbocycles. The summed E-state index contributed by atoms with van der Waals surface area (Å²) >= 11 is 0. The van der Waals surface area contributed by atoms with E-state index in [-0.39, 0.29) is 11.3 Å². The molecule has 0 aromatic carbocycles. The molecule has 1 aromatic heterocycles. The minimum absolute atomic E-state index is 0.118. The van der Waals surface area contributed by atoms with Gasteiger partial charge in [-0.1, -0.05) is 12.8 Å². The minimum Gasteiger partial charge on any atom is -0.325 e. The SMILES string of the molecule is Cn1cc(C(=O)CC2(N)CCCC2)cn1. The molecule has 0 bridgehead atoms. The Balaban J connectivity index is 2.03. The summed E-state index contributed by atoms with van der Waals surface area (Å²) in [6, 6.07) is 0. The molecular weight excluding hydrogens is 190 g/mol. The van der Waals surface area contributed by atoms with E-state index in [1.54, 1.807) is 17.1 Å². The van der Waals surface area contributed by atoms with Crippen LogP contribution in [0.25, 0.3) is 0 Å². The smallest absolute Gasteiger partial charge is 0.167 e. The van der Waals surface area contributed by atoms with Gasteiger partial charge < -0.3 is 5.73 Å². The van der Waals surface area contributed by atoms with Crippen LogP contribution in [0.2, 0.25) is 0 Å². The zero-order valence-electron chi connectivity index (χ0n) is 9.07. The average Bonchev–Trinajstić information content (AvgIpc) is 2.75. The Morgan fingerprint density at radius 2 is 2.27 bits per heavy atom. The second-order valence-corrected chi connectivity index (χ2v) is 4.57. The highest BCUT2D eigenvalue weighted by Gasteiger charge is 2.32. The number of carbonyl (C=O) groups excluding carboxylic acids is 1. The molecule has 0 radical (unpaired) electrons. The maximum absolute atomic E-state index is 11.9. The summed E-state index contributed by atoms with van der Waals surface area (Å²) in [4.78, 5) is 11.9. The number of aromatic nitrogens is 2. The predicted octanol–water partition coefficient (Wildman–Crippen LogP) is 1.26. The van der Waals surface area contributed by atoms with Crippen LogP contribution in [-0.4, -0.2) is 21.1 Å². The number of hydrogen-bond acceptors (Lipinski definition) is 3. The van der Waals surface area contributed by atoms with Gasteiger partial charge in [-0.05, 0) is 12.8 Å². The quantitative estimate of drug-likeness (QED) is 0.759. The van der Waals surface area contributed by atoms with Crippen LogP contribution in [0.15, 0.2) is 12.4 Å². The van der Waals surface area contributed by atoms with E-state index in [1.807, 2.05) is 7.05 Å². The van der Waals surface area contributed by atoms with E-state index in [9.17, 15) is 4.79 Å². The summed E-state index contributed by atoms with van der Waals surface area (Å²) in [5.74, 6) is 0.118. The Labute approximate surface area is 89.5 Å². The first-order chi connectivity index (χ1) is 7.09. The second kappa shape index (κ2) is 3.77. The number of nitrogens with two attached hydrogens (primary N) is 1. The van der Waals surface area contributed by atoms with Crippen LogP contribution in [0, 0.1) is 0 Å². The van der Waals surface area contributed by atoms with Crippen LogP contribution in [0.5, 0.6) is 0 Å². The lowest BCUT2D eigenvalue weighted by molar-refractivity contribution is 0.0952. The van der Waals surface area contributed by atoms with Crippen LogP contribution in [0.3, 0.4) is 0 Å². The van der Waals surface area contributed by atoms with Gasteiger partial charge in [-0.2, -0.15) is 5.10 Å². The summed E-state index contributed by atoms with van der Waals surface area (Å²) in [5.41, 5.74) is 6.57. The molecule has 1 saturated carbocycles. The zero-order valence-corrected chi connectivity index (χ0v) is 9.07. The number of rotatable bonds is 3. The summed E-state index contributed by atoms with van der Waals surface area (Å²) in [6.07, 6.45) is 8.06. The molecule has 0 saturated heterocycles. The topological polar surface area (TPSA) is 60.9 Å². The first-order valence-electron chi connectivity index (χ1n) is 5.40. The predicted molar refractivity (Wildman–Crippen MR) is 57.5 cm³/mol. The highest BCUT2D eigenvalue weighted by molar-refractivity contribution is 5.96. The third-order valence-corrected chi connectivity index (χ3v) is 3.14. The molecule has 2 rings (SSSR count). The van der Waals surface area contributed by atoms with Crippen molar-refractivity contribution in [3.63, 3.8) is 0 Å². The van der Waals surface area contributed by atoms with Crippen molar-refractivity contribution >= 4 is 5.78 Å². The maximum Gasteiger partial charge on any atom is 0.167 e. The Bertz CT molecular complexity index is 364. The molecule has 1 aliphatic rings. The largest absolute Gasteiger partial charge is 0.325 e. The number of aryl methyl sites for hydroxylation is 1. The fourth-order valence-electron chi connectivity index (χ4n) is 2.24. The third-order valence-electron chi connectivity index (χ3n) is 3.14. The van der Waals surface area contributed by atoms with Crippen LogP contribution in [-0.2, 0) is 7.05 Å². The molecule has 4 nitrogen and oxygen atoms in total. The lowest BCUT2D eigenvalue weighted by atomic mass is 9.91. The van der Waals surface area contributed by atoms with Crippen molar-refractivity contribution in [2.45, 2.75) is 37.6 Å². The van der Waals surface area contributed by atoms with E-state index in [0.717, 1.165) is 25.7 Å². The molecule has 1 fully saturated rings. The van der Waals surface area contributed by atoms with Crippen molar-refractivity contribution in [1.82, 2.24) is 9.78 Å². The molecule has 1 aromatic rings. The Morgan fingerprint density at radius 3 is 2.80 bits per heavy atom. The molecule has 0 atom stereocenters. The van der Waals surface area contributed by atoms with Gasteiger partial charge in [0.1, 0.15) is 0 Å².